The lowest BCUT2D eigenvalue weighted by Gasteiger charge is -2.10. The quantitative estimate of drug-likeness (QED) is 0.681. The van der Waals surface area contributed by atoms with Crippen LogP contribution < -0.4 is 0 Å². The molecule has 0 aromatic heterocycles. The van der Waals surface area contributed by atoms with Gasteiger partial charge in [-0.1, -0.05) is 86.7 Å². The van der Waals surface area contributed by atoms with Crippen molar-refractivity contribution < 1.29 is 4.79 Å². The Morgan fingerprint density at radius 1 is 0.913 bits per heavy atom. The van der Waals surface area contributed by atoms with E-state index >= 15 is 0 Å². The van der Waals surface area contributed by atoms with Crippen LogP contribution in [-0.4, -0.2) is 5.78 Å². The second-order valence-corrected chi connectivity index (χ2v) is 5.79. The van der Waals surface area contributed by atoms with Crippen LogP contribution in [0.1, 0.15) is 41.8 Å². The maximum atomic E-state index is 12.4. The first-order chi connectivity index (χ1) is 11.3. The van der Waals surface area contributed by atoms with Crippen LogP contribution in [0.5, 0.6) is 0 Å². The molecule has 0 heterocycles. The minimum absolute atomic E-state index is 0.0870. The topological polar surface area (TPSA) is 17.1 Å². The second-order valence-electron chi connectivity index (χ2n) is 5.79. The van der Waals surface area contributed by atoms with Crippen molar-refractivity contribution in [3.8, 4) is 0 Å². The molecule has 2 unspecified atom stereocenters. The van der Waals surface area contributed by atoms with Gasteiger partial charge < -0.3 is 0 Å². The number of fused-ring (bicyclic) bond motifs is 1. The van der Waals surface area contributed by atoms with Crippen molar-refractivity contribution in [3.05, 3.63) is 89.5 Å². The molecule has 23 heavy (non-hydrogen) atoms. The van der Waals surface area contributed by atoms with E-state index < -0.39 is 0 Å². The molecule has 1 fully saturated rings. The van der Waals surface area contributed by atoms with Gasteiger partial charge in [0, 0.05) is 11.1 Å². The number of carbonyl (C=O) groups is 1. The third-order valence-electron chi connectivity index (χ3n) is 4.39. The zero-order chi connectivity index (χ0) is 16.2. The van der Waals surface area contributed by atoms with Crippen molar-refractivity contribution in [2.45, 2.75) is 20.3 Å². The predicted octanol–water partition coefficient (Wildman–Crippen LogP) is 5.53. The van der Waals surface area contributed by atoms with E-state index in [1.54, 1.807) is 0 Å². The molecule has 0 N–H and O–H groups in total. The van der Waals surface area contributed by atoms with Crippen molar-refractivity contribution in [3.63, 3.8) is 0 Å². The molecule has 2 aromatic rings. The zero-order valence-corrected chi connectivity index (χ0v) is 13.7. The Morgan fingerprint density at radius 2 is 1.57 bits per heavy atom. The van der Waals surface area contributed by atoms with Crippen molar-refractivity contribution in [1.29, 1.82) is 0 Å². The zero-order valence-electron chi connectivity index (χ0n) is 13.7. The highest BCUT2D eigenvalue weighted by Gasteiger charge is 2.39. The first-order valence-electron chi connectivity index (χ1n) is 8.41. The van der Waals surface area contributed by atoms with E-state index in [0.29, 0.717) is 5.92 Å². The molecule has 116 valence electrons. The summed E-state index contributed by atoms with van der Waals surface area (Å²) in [7, 11) is 0. The van der Waals surface area contributed by atoms with Gasteiger partial charge in [0.2, 0.25) is 0 Å². The average Bonchev–Trinajstić information content (AvgIpc) is 3.43. The van der Waals surface area contributed by atoms with Gasteiger partial charge in [-0.2, -0.15) is 0 Å². The first kappa shape index (κ1) is 15.5. The molecule has 0 saturated heterocycles. The third-order valence-corrected chi connectivity index (χ3v) is 4.39. The van der Waals surface area contributed by atoms with Crippen molar-refractivity contribution in [2.75, 3.05) is 0 Å². The number of rotatable bonds is 3. The average molecular weight is 302 g/mol. The van der Waals surface area contributed by atoms with Gasteiger partial charge in [0.05, 0.1) is 0 Å². The highest BCUT2D eigenvalue weighted by molar-refractivity contribution is 6.09. The first-order valence-corrected chi connectivity index (χ1v) is 8.41. The van der Waals surface area contributed by atoms with Gasteiger partial charge in [-0.25, -0.2) is 0 Å². The summed E-state index contributed by atoms with van der Waals surface area (Å²) in [4.78, 5) is 12.4. The number of allylic oxidation sites excluding steroid dienone is 4. The number of benzene rings is 2. The largest absolute Gasteiger partial charge is 0.289 e. The molecule has 0 bridgehead atoms. The molecular formula is C22H22O. The maximum absolute atomic E-state index is 12.4. The van der Waals surface area contributed by atoms with Gasteiger partial charge in [-0.15, -0.1) is 0 Å². The summed E-state index contributed by atoms with van der Waals surface area (Å²) in [5, 5.41) is 0. The van der Waals surface area contributed by atoms with Crippen LogP contribution in [0.3, 0.4) is 0 Å². The SMILES string of the molecule is CC.O=C(c1ccccc1)c1ccc(C2=CC=CC3CC23)cc1. The lowest BCUT2D eigenvalue weighted by molar-refractivity contribution is 0.103. The van der Waals surface area contributed by atoms with Crippen LogP contribution in [0.25, 0.3) is 5.57 Å². The van der Waals surface area contributed by atoms with Gasteiger partial charge in [0.15, 0.2) is 5.78 Å². The summed E-state index contributed by atoms with van der Waals surface area (Å²) in [6, 6.07) is 17.5. The van der Waals surface area contributed by atoms with Crippen LogP contribution in [-0.2, 0) is 0 Å². The molecule has 2 aromatic carbocycles. The van der Waals surface area contributed by atoms with Gasteiger partial charge in [-0.05, 0) is 29.4 Å². The second kappa shape index (κ2) is 6.78. The molecule has 0 amide bonds. The summed E-state index contributed by atoms with van der Waals surface area (Å²) in [6.07, 6.45) is 7.93. The summed E-state index contributed by atoms with van der Waals surface area (Å²) in [5.74, 6) is 1.53. The van der Waals surface area contributed by atoms with Crippen LogP contribution in [0.15, 0.2) is 72.8 Å². The monoisotopic (exact) mass is 302 g/mol. The van der Waals surface area contributed by atoms with E-state index in [2.05, 4.69) is 30.4 Å². The molecule has 2 aliphatic carbocycles. The Morgan fingerprint density at radius 3 is 2.26 bits per heavy atom. The summed E-state index contributed by atoms with van der Waals surface area (Å²) < 4.78 is 0. The Labute approximate surface area is 138 Å². The van der Waals surface area contributed by atoms with Crippen molar-refractivity contribution >= 4 is 11.4 Å². The molecule has 0 spiro atoms. The predicted molar refractivity (Wildman–Crippen MR) is 96.4 cm³/mol. The molecule has 2 atom stereocenters. The normalized spacial score (nSPS) is 20.7. The van der Waals surface area contributed by atoms with E-state index in [9.17, 15) is 4.79 Å². The molecule has 0 aliphatic heterocycles. The van der Waals surface area contributed by atoms with E-state index in [4.69, 9.17) is 0 Å². The number of ketones is 1. The highest BCUT2D eigenvalue weighted by atomic mass is 16.1. The Balaban J connectivity index is 0.000000753. The third kappa shape index (κ3) is 3.19. The van der Waals surface area contributed by atoms with E-state index in [0.717, 1.165) is 17.0 Å². The minimum Gasteiger partial charge on any atom is -0.289 e. The fourth-order valence-corrected chi connectivity index (χ4v) is 3.09. The van der Waals surface area contributed by atoms with Crippen molar-refractivity contribution in [2.24, 2.45) is 11.8 Å². The van der Waals surface area contributed by atoms with Gasteiger partial charge in [-0.3, -0.25) is 4.79 Å². The Hall–Kier alpha value is -2.41. The summed E-state index contributed by atoms with van der Waals surface area (Å²) in [5.41, 5.74) is 4.16. The van der Waals surface area contributed by atoms with E-state index in [-0.39, 0.29) is 5.78 Å². The molecule has 1 saturated carbocycles. The smallest absolute Gasteiger partial charge is 0.193 e. The van der Waals surface area contributed by atoms with Gasteiger partial charge in [0.25, 0.3) is 0 Å². The molecule has 1 nitrogen and oxygen atoms in total. The van der Waals surface area contributed by atoms with Crippen LogP contribution in [0, 0.1) is 11.8 Å². The fourth-order valence-electron chi connectivity index (χ4n) is 3.09. The molecule has 4 rings (SSSR count). The number of hydrogen-bond donors (Lipinski definition) is 0. The summed E-state index contributed by atoms with van der Waals surface area (Å²) in [6.45, 7) is 4.00. The maximum Gasteiger partial charge on any atom is 0.193 e. The number of hydrogen-bond acceptors (Lipinski definition) is 1. The molecule has 1 heteroatoms. The lowest BCUT2D eigenvalue weighted by atomic mass is 9.94. The highest BCUT2D eigenvalue weighted by Crippen LogP contribution is 2.50. The van der Waals surface area contributed by atoms with Crippen molar-refractivity contribution in [1.82, 2.24) is 0 Å². The van der Waals surface area contributed by atoms with Gasteiger partial charge in [0.1, 0.15) is 0 Å². The van der Waals surface area contributed by atoms with E-state index in [1.807, 2.05) is 56.3 Å². The fraction of sp³-hybridized carbons (Fsp3) is 0.227. The molecule has 0 radical (unpaired) electrons. The standard InChI is InChI=1S/C20H16O.C2H6/c21-20(15-5-2-1-3-6-15)16-11-9-14(10-12-16)18-8-4-7-17-13-19(17)18;1-2/h1-12,17,19H,13H2;1-2H3. The molecular weight excluding hydrogens is 280 g/mol. The molecule has 2 aliphatic rings. The Kier molecular flexibility index (Phi) is 4.57. The van der Waals surface area contributed by atoms with E-state index in [1.165, 1.54) is 17.6 Å². The Bertz CT molecular complexity index is 735. The summed E-state index contributed by atoms with van der Waals surface area (Å²) >= 11 is 0. The van der Waals surface area contributed by atoms with Crippen LogP contribution in [0.2, 0.25) is 0 Å². The van der Waals surface area contributed by atoms with Crippen LogP contribution >= 0.6 is 0 Å². The van der Waals surface area contributed by atoms with Gasteiger partial charge >= 0.3 is 0 Å². The number of carbonyl (C=O) groups excluding carboxylic acids is 1. The lowest BCUT2D eigenvalue weighted by Crippen LogP contribution is -2.01. The van der Waals surface area contributed by atoms with Crippen LogP contribution in [0.4, 0.5) is 0 Å². The minimum atomic E-state index is 0.0870.